The van der Waals surface area contributed by atoms with E-state index < -0.39 is 6.10 Å². The summed E-state index contributed by atoms with van der Waals surface area (Å²) in [5.74, 6) is 1.61. The monoisotopic (exact) mass is 489 g/mol. The quantitative estimate of drug-likeness (QED) is 0.201. The number of hydrogen-bond acceptors (Lipinski definition) is 8. The fourth-order valence-corrected chi connectivity index (χ4v) is 2.87. The maximum absolute atomic E-state index is 11.8. The number of nitrogens with zero attached hydrogens (tertiary/aromatic N) is 1. The lowest BCUT2D eigenvalue weighted by Crippen LogP contribution is -2.40. The van der Waals surface area contributed by atoms with E-state index in [2.05, 4.69) is 5.32 Å². The molecule has 178 valence electrons. The lowest BCUT2D eigenvalue weighted by atomic mass is 10.1. The fourth-order valence-electron chi connectivity index (χ4n) is 2.87. The van der Waals surface area contributed by atoms with Crippen molar-refractivity contribution in [3.8, 4) is 17.2 Å². The number of nitrogen functional groups attached to an aromatic ring is 1. The number of nitrogens with one attached hydrogen (secondary N) is 1. The van der Waals surface area contributed by atoms with Crippen molar-refractivity contribution in [2.24, 2.45) is 0 Å². The van der Waals surface area contributed by atoms with Crippen molar-refractivity contribution in [1.82, 2.24) is 10.4 Å². The summed E-state index contributed by atoms with van der Waals surface area (Å²) in [6.45, 7) is 3.08. The first-order valence-corrected chi connectivity index (χ1v) is 9.77. The number of amides is 1. The summed E-state index contributed by atoms with van der Waals surface area (Å²) in [7, 11) is 0. The van der Waals surface area contributed by atoms with Crippen LogP contribution in [-0.4, -0.2) is 55.0 Å². The molecule has 9 nitrogen and oxygen atoms in total. The van der Waals surface area contributed by atoms with Gasteiger partial charge in [0, 0.05) is 37.7 Å². The number of hydrogen-bond donors (Lipinski definition) is 3. The van der Waals surface area contributed by atoms with Gasteiger partial charge in [-0.25, -0.2) is 0 Å². The first kappa shape index (κ1) is 27.6. The van der Waals surface area contributed by atoms with E-state index in [1.807, 2.05) is 18.2 Å². The SMILES string of the molecule is CC(=O)N(CCNCC(O)COc1cccc2c1CCOO2)Oc1ccc(N)cc1.Cl.Cl. The number of nitrogens with two attached hydrogens (primary N) is 1. The average Bonchev–Trinajstić information content (AvgIpc) is 2.75. The van der Waals surface area contributed by atoms with Crippen molar-refractivity contribution in [1.29, 1.82) is 0 Å². The van der Waals surface area contributed by atoms with Gasteiger partial charge in [0.05, 0.1) is 13.2 Å². The molecule has 32 heavy (non-hydrogen) atoms. The normalized spacial score (nSPS) is 12.8. The van der Waals surface area contributed by atoms with Crippen LogP contribution < -0.4 is 25.5 Å². The third kappa shape index (κ3) is 8.25. The number of aliphatic hydroxyl groups is 1. The highest BCUT2D eigenvalue weighted by atomic mass is 35.5. The Kier molecular flexibility index (Phi) is 12.0. The van der Waals surface area contributed by atoms with Crippen molar-refractivity contribution in [3.63, 3.8) is 0 Å². The van der Waals surface area contributed by atoms with Gasteiger partial charge in [-0.3, -0.25) is 4.79 Å². The van der Waals surface area contributed by atoms with Gasteiger partial charge in [-0.15, -0.1) is 24.8 Å². The van der Waals surface area contributed by atoms with E-state index in [1.54, 1.807) is 24.3 Å². The van der Waals surface area contributed by atoms with Crippen LogP contribution in [0.4, 0.5) is 5.69 Å². The number of aliphatic hydroxyl groups excluding tert-OH is 1. The number of ether oxygens (including phenoxy) is 1. The Morgan fingerprint density at radius 2 is 2.00 bits per heavy atom. The molecule has 0 fully saturated rings. The minimum absolute atomic E-state index is 0. The first-order chi connectivity index (χ1) is 14.5. The molecule has 2 aromatic rings. The smallest absolute Gasteiger partial charge is 0.252 e. The highest BCUT2D eigenvalue weighted by Gasteiger charge is 2.17. The third-order valence-corrected chi connectivity index (χ3v) is 4.42. The molecule has 0 aromatic heterocycles. The van der Waals surface area contributed by atoms with Crippen molar-refractivity contribution >= 4 is 36.4 Å². The Morgan fingerprint density at radius 3 is 2.72 bits per heavy atom. The van der Waals surface area contributed by atoms with Gasteiger partial charge in [-0.2, -0.15) is 9.95 Å². The van der Waals surface area contributed by atoms with Crippen LogP contribution in [0.15, 0.2) is 42.5 Å². The Bertz CT molecular complexity index is 841. The van der Waals surface area contributed by atoms with E-state index in [0.29, 0.717) is 55.6 Å². The molecule has 0 saturated carbocycles. The Morgan fingerprint density at radius 1 is 1.25 bits per heavy atom. The molecule has 0 saturated heterocycles. The Hall–Kier alpha value is -2.43. The zero-order chi connectivity index (χ0) is 21.3. The summed E-state index contributed by atoms with van der Waals surface area (Å²) < 4.78 is 5.75. The van der Waals surface area contributed by atoms with Gasteiger partial charge in [-0.1, -0.05) is 6.07 Å². The molecule has 0 bridgehead atoms. The van der Waals surface area contributed by atoms with Crippen molar-refractivity contribution in [3.05, 3.63) is 48.0 Å². The second kappa shape index (κ2) is 13.9. The summed E-state index contributed by atoms with van der Waals surface area (Å²) in [6, 6.07) is 12.2. The van der Waals surface area contributed by atoms with E-state index in [-0.39, 0.29) is 37.3 Å². The van der Waals surface area contributed by atoms with Crippen LogP contribution >= 0.6 is 24.8 Å². The van der Waals surface area contributed by atoms with Gasteiger partial charge < -0.3 is 30.6 Å². The zero-order valence-electron chi connectivity index (χ0n) is 17.7. The van der Waals surface area contributed by atoms with Crippen LogP contribution in [-0.2, 0) is 16.1 Å². The number of carbonyl (C=O) groups is 1. The number of benzene rings is 2. The van der Waals surface area contributed by atoms with Gasteiger partial charge >= 0.3 is 0 Å². The largest absolute Gasteiger partial charge is 0.490 e. The van der Waals surface area contributed by atoms with E-state index in [0.717, 1.165) is 5.56 Å². The number of anilines is 1. The van der Waals surface area contributed by atoms with E-state index in [4.69, 9.17) is 25.1 Å². The number of fused-ring (bicyclic) bond motifs is 1. The third-order valence-electron chi connectivity index (χ3n) is 4.42. The summed E-state index contributed by atoms with van der Waals surface area (Å²) in [6.07, 6.45) is -0.0280. The van der Waals surface area contributed by atoms with Crippen LogP contribution in [0.1, 0.15) is 12.5 Å². The topological polar surface area (TPSA) is 116 Å². The van der Waals surface area contributed by atoms with Gasteiger partial charge in [0.25, 0.3) is 5.91 Å². The summed E-state index contributed by atoms with van der Waals surface area (Å²) in [4.78, 5) is 27.5. The maximum Gasteiger partial charge on any atom is 0.252 e. The molecular formula is C21H29Cl2N3O6. The summed E-state index contributed by atoms with van der Waals surface area (Å²) >= 11 is 0. The standard InChI is InChI=1S/C21H27N3O6.2ClH/c1-15(25)24(29-18-7-5-16(22)6-8-18)11-10-23-13-17(26)14-27-20-3-2-4-21-19(20)9-12-28-30-21;;/h2-8,17,23,26H,9-14,22H2,1H3;2*1H. The molecule has 1 heterocycles. The van der Waals surface area contributed by atoms with Crippen molar-refractivity contribution < 1.29 is 29.3 Å². The predicted molar refractivity (Wildman–Crippen MR) is 124 cm³/mol. The molecule has 1 aliphatic rings. The molecule has 1 unspecified atom stereocenters. The number of carbonyl (C=O) groups excluding carboxylic acids is 1. The predicted octanol–water partition coefficient (Wildman–Crippen LogP) is 2.15. The van der Waals surface area contributed by atoms with Crippen LogP contribution in [0.2, 0.25) is 0 Å². The minimum Gasteiger partial charge on any atom is -0.490 e. The summed E-state index contributed by atoms with van der Waals surface area (Å²) in [5, 5.41) is 14.5. The second-order valence-electron chi connectivity index (χ2n) is 6.84. The lowest BCUT2D eigenvalue weighted by Gasteiger charge is -2.22. The van der Waals surface area contributed by atoms with Crippen molar-refractivity contribution in [2.75, 3.05) is 38.6 Å². The molecule has 0 aliphatic carbocycles. The van der Waals surface area contributed by atoms with E-state index in [1.165, 1.54) is 12.0 Å². The van der Waals surface area contributed by atoms with Crippen molar-refractivity contribution in [2.45, 2.75) is 19.4 Å². The van der Waals surface area contributed by atoms with Crippen LogP contribution in [0.25, 0.3) is 0 Å². The first-order valence-electron chi connectivity index (χ1n) is 9.77. The number of hydroxylamine groups is 2. The molecule has 1 aliphatic heterocycles. The average molecular weight is 490 g/mol. The highest BCUT2D eigenvalue weighted by Crippen LogP contribution is 2.31. The zero-order valence-corrected chi connectivity index (χ0v) is 19.3. The summed E-state index contributed by atoms with van der Waals surface area (Å²) in [5.41, 5.74) is 7.20. The Labute approximate surface area is 199 Å². The van der Waals surface area contributed by atoms with Gasteiger partial charge in [0.2, 0.25) is 0 Å². The molecule has 1 amide bonds. The number of rotatable bonds is 10. The lowest BCUT2D eigenvalue weighted by molar-refractivity contribution is -0.215. The fraction of sp³-hybridized carbons (Fsp3) is 0.381. The van der Waals surface area contributed by atoms with Gasteiger partial charge in [0.1, 0.15) is 18.5 Å². The Balaban J connectivity index is 0.00000256. The van der Waals surface area contributed by atoms with Gasteiger partial charge in [0.15, 0.2) is 11.5 Å². The maximum atomic E-state index is 11.8. The molecule has 11 heteroatoms. The van der Waals surface area contributed by atoms with E-state index in [9.17, 15) is 9.90 Å². The molecular weight excluding hydrogens is 461 g/mol. The van der Waals surface area contributed by atoms with Crippen LogP contribution in [0.5, 0.6) is 17.2 Å². The van der Waals surface area contributed by atoms with Crippen LogP contribution in [0.3, 0.4) is 0 Å². The molecule has 1 atom stereocenters. The molecule has 4 N–H and O–H groups in total. The minimum atomic E-state index is -0.717. The van der Waals surface area contributed by atoms with E-state index >= 15 is 0 Å². The highest BCUT2D eigenvalue weighted by molar-refractivity contribution is 5.85. The molecule has 3 rings (SSSR count). The van der Waals surface area contributed by atoms with Crippen LogP contribution in [0, 0.1) is 0 Å². The van der Waals surface area contributed by atoms with Gasteiger partial charge in [-0.05, 0) is 36.4 Å². The molecule has 2 aromatic carbocycles. The molecule has 0 radical (unpaired) electrons. The number of halogens is 2. The molecule has 0 spiro atoms. The second-order valence-corrected chi connectivity index (χ2v) is 6.84.